The van der Waals surface area contributed by atoms with Crippen LogP contribution in [0.25, 0.3) is 0 Å². The minimum Gasteiger partial charge on any atom is -0.379 e. The highest BCUT2D eigenvalue weighted by atomic mass is 16.5. The number of rotatable bonds is 8. The van der Waals surface area contributed by atoms with E-state index in [0.717, 1.165) is 19.4 Å². The highest BCUT2D eigenvalue weighted by molar-refractivity contribution is 4.73. The van der Waals surface area contributed by atoms with Gasteiger partial charge >= 0.3 is 0 Å². The molecule has 0 saturated carbocycles. The van der Waals surface area contributed by atoms with Gasteiger partial charge in [0, 0.05) is 18.8 Å². The van der Waals surface area contributed by atoms with E-state index in [1.807, 2.05) is 27.7 Å². The smallest absolute Gasteiger partial charge is 0.0648 e. The molecule has 0 aromatic rings. The molecule has 0 aliphatic rings. The minimum atomic E-state index is -0.148. The fraction of sp³-hybridized carbons (Fsp3) is 1.00. The van der Waals surface area contributed by atoms with Crippen molar-refractivity contribution in [3.8, 4) is 0 Å². The van der Waals surface area contributed by atoms with Gasteiger partial charge in [-0.05, 0) is 54.4 Å². The number of hydrogen-bond acceptors (Lipinski definition) is 3. The van der Waals surface area contributed by atoms with Crippen LogP contribution >= 0.6 is 0 Å². The maximum Gasteiger partial charge on any atom is 0.0648 e. The summed E-state index contributed by atoms with van der Waals surface area (Å²) in [6.07, 6.45) is 2.08. The van der Waals surface area contributed by atoms with Crippen LogP contribution in [-0.2, 0) is 9.47 Å². The third-order valence-electron chi connectivity index (χ3n) is 2.39. The van der Waals surface area contributed by atoms with Gasteiger partial charge in [-0.1, -0.05) is 0 Å². The van der Waals surface area contributed by atoms with Gasteiger partial charge in [-0.2, -0.15) is 0 Å². The molecule has 0 aromatic carbocycles. The van der Waals surface area contributed by atoms with Crippen molar-refractivity contribution in [1.82, 2.24) is 0 Å². The zero-order chi connectivity index (χ0) is 12.8. The lowest BCUT2D eigenvalue weighted by molar-refractivity contribution is -0.0511. The van der Waals surface area contributed by atoms with Gasteiger partial charge in [-0.3, -0.25) is 0 Å². The Morgan fingerprint density at radius 3 is 2.00 bits per heavy atom. The zero-order valence-electron chi connectivity index (χ0n) is 11.8. The molecule has 3 heteroatoms. The third-order valence-corrected chi connectivity index (χ3v) is 2.39. The first-order valence-corrected chi connectivity index (χ1v) is 6.17. The lowest BCUT2D eigenvalue weighted by Crippen LogP contribution is -2.35. The van der Waals surface area contributed by atoms with Crippen molar-refractivity contribution < 1.29 is 9.47 Å². The molecule has 0 radical (unpaired) electrons. The van der Waals surface area contributed by atoms with E-state index in [9.17, 15) is 0 Å². The molecule has 98 valence electrons. The molecule has 0 fully saturated rings. The summed E-state index contributed by atoms with van der Waals surface area (Å²) in [5.41, 5.74) is 5.63. The first-order chi connectivity index (χ1) is 7.12. The third kappa shape index (κ3) is 10.4. The first kappa shape index (κ1) is 15.9. The van der Waals surface area contributed by atoms with E-state index in [1.165, 1.54) is 0 Å². The van der Waals surface area contributed by atoms with Gasteiger partial charge in [0.15, 0.2) is 0 Å². The van der Waals surface area contributed by atoms with Crippen molar-refractivity contribution in [2.45, 2.75) is 71.6 Å². The Kier molecular flexibility index (Phi) is 6.53. The van der Waals surface area contributed by atoms with Crippen LogP contribution in [0.4, 0.5) is 0 Å². The number of ether oxygens (including phenoxy) is 2. The molecular formula is C13H29NO2. The molecule has 0 aromatic heterocycles. The second-order valence-electron chi connectivity index (χ2n) is 6.02. The molecule has 0 bridgehead atoms. The monoisotopic (exact) mass is 231 g/mol. The summed E-state index contributed by atoms with van der Waals surface area (Å²) in [5, 5.41) is 0. The second kappa shape index (κ2) is 6.58. The predicted octanol–water partition coefficient (Wildman–Crippen LogP) is 2.72. The van der Waals surface area contributed by atoms with Crippen LogP contribution in [0.5, 0.6) is 0 Å². The van der Waals surface area contributed by atoms with E-state index < -0.39 is 0 Å². The Morgan fingerprint density at radius 1 is 1.00 bits per heavy atom. The summed E-state index contributed by atoms with van der Waals surface area (Å²) in [6, 6.07) is 0. The van der Waals surface area contributed by atoms with Crippen molar-refractivity contribution in [1.29, 1.82) is 0 Å². The minimum absolute atomic E-state index is 0.125. The normalized spacial score (nSPS) is 13.5. The average Bonchev–Trinajstić information content (AvgIpc) is 1.99. The molecular weight excluding hydrogens is 202 g/mol. The highest BCUT2D eigenvalue weighted by Crippen LogP contribution is 2.16. The summed E-state index contributed by atoms with van der Waals surface area (Å²) in [7, 11) is 0. The fourth-order valence-electron chi connectivity index (χ4n) is 1.20. The van der Waals surface area contributed by atoms with Crippen LogP contribution in [0.3, 0.4) is 0 Å². The Morgan fingerprint density at radius 2 is 1.56 bits per heavy atom. The average molecular weight is 231 g/mol. The summed E-state index contributed by atoms with van der Waals surface area (Å²) in [4.78, 5) is 0. The Labute approximate surface area is 101 Å². The second-order valence-corrected chi connectivity index (χ2v) is 6.02. The zero-order valence-corrected chi connectivity index (χ0v) is 11.8. The standard InChI is InChI=1S/C13H29NO2/c1-11(2)15-9-8-13(5,6)16-10-7-12(3,4)14/h11H,7-10,14H2,1-6H3. The summed E-state index contributed by atoms with van der Waals surface area (Å²) in [5.74, 6) is 0. The van der Waals surface area contributed by atoms with Crippen molar-refractivity contribution in [3.05, 3.63) is 0 Å². The molecule has 0 aliphatic heterocycles. The molecule has 0 rings (SSSR count). The van der Waals surface area contributed by atoms with E-state index in [-0.39, 0.29) is 11.1 Å². The van der Waals surface area contributed by atoms with Crippen LogP contribution in [0.15, 0.2) is 0 Å². The van der Waals surface area contributed by atoms with Crippen LogP contribution in [0.1, 0.15) is 54.4 Å². The Bertz CT molecular complexity index is 183. The van der Waals surface area contributed by atoms with Gasteiger partial charge in [0.25, 0.3) is 0 Å². The molecule has 16 heavy (non-hydrogen) atoms. The van der Waals surface area contributed by atoms with Crippen molar-refractivity contribution in [3.63, 3.8) is 0 Å². The molecule has 0 heterocycles. The van der Waals surface area contributed by atoms with Crippen LogP contribution in [0.2, 0.25) is 0 Å². The van der Waals surface area contributed by atoms with Crippen LogP contribution < -0.4 is 5.73 Å². The molecule has 0 amide bonds. The van der Waals surface area contributed by atoms with Gasteiger partial charge in [0.1, 0.15) is 0 Å². The molecule has 0 saturated heterocycles. The predicted molar refractivity (Wildman–Crippen MR) is 68.6 cm³/mol. The Hall–Kier alpha value is -0.120. The SMILES string of the molecule is CC(C)OCCC(C)(C)OCCC(C)(C)N. The van der Waals surface area contributed by atoms with Gasteiger partial charge in [0.05, 0.1) is 11.7 Å². The van der Waals surface area contributed by atoms with Gasteiger partial charge in [-0.15, -0.1) is 0 Å². The highest BCUT2D eigenvalue weighted by Gasteiger charge is 2.20. The maximum absolute atomic E-state index is 5.90. The quantitative estimate of drug-likeness (QED) is 0.698. The van der Waals surface area contributed by atoms with Gasteiger partial charge in [-0.25, -0.2) is 0 Å². The van der Waals surface area contributed by atoms with E-state index >= 15 is 0 Å². The fourth-order valence-corrected chi connectivity index (χ4v) is 1.20. The molecule has 2 N–H and O–H groups in total. The maximum atomic E-state index is 5.90. The molecule has 0 aliphatic carbocycles. The summed E-state index contributed by atoms with van der Waals surface area (Å²) >= 11 is 0. The van der Waals surface area contributed by atoms with Crippen molar-refractivity contribution >= 4 is 0 Å². The van der Waals surface area contributed by atoms with E-state index in [1.54, 1.807) is 0 Å². The summed E-state index contributed by atoms with van der Waals surface area (Å²) < 4.78 is 11.3. The number of hydrogen-bond donors (Lipinski definition) is 1. The summed E-state index contributed by atoms with van der Waals surface area (Å²) in [6.45, 7) is 13.8. The molecule has 0 unspecified atom stereocenters. The van der Waals surface area contributed by atoms with E-state index in [4.69, 9.17) is 15.2 Å². The van der Waals surface area contributed by atoms with Gasteiger partial charge < -0.3 is 15.2 Å². The Balaban J connectivity index is 3.70. The van der Waals surface area contributed by atoms with Crippen LogP contribution in [0, 0.1) is 0 Å². The van der Waals surface area contributed by atoms with Crippen molar-refractivity contribution in [2.75, 3.05) is 13.2 Å². The topological polar surface area (TPSA) is 44.5 Å². The van der Waals surface area contributed by atoms with E-state index in [0.29, 0.717) is 12.7 Å². The first-order valence-electron chi connectivity index (χ1n) is 6.17. The van der Waals surface area contributed by atoms with E-state index in [2.05, 4.69) is 13.8 Å². The van der Waals surface area contributed by atoms with Crippen molar-refractivity contribution in [2.24, 2.45) is 5.73 Å². The van der Waals surface area contributed by atoms with Crippen LogP contribution in [-0.4, -0.2) is 30.5 Å². The lowest BCUT2D eigenvalue weighted by atomic mass is 10.0. The molecule has 3 nitrogen and oxygen atoms in total. The molecule has 0 atom stereocenters. The number of nitrogens with two attached hydrogens (primary N) is 1. The largest absolute Gasteiger partial charge is 0.379 e. The molecule has 0 spiro atoms. The lowest BCUT2D eigenvalue weighted by Gasteiger charge is -2.28. The van der Waals surface area contributed by atoms with Gasteiger partial charge in [0.2, 0.25) is 0 Å².